The largest absolute Gasteiger partial charge is 0.358 e. The zero-order valence-electron chi connectivity index (χ0n) is 16.3. The van der Waals surface area contributed by atoms with Gasteiger partial charge in [0.2, 0.25) is 0 Å². The van der Waals surface area contributed by atoms with Crippen LogP contribution in [0.5, 0.6) is 0 Å². The highest BCUT2D eigenvalue weighted by atomic mass is 15.2. The van der Waals surface area contributed by atoms with Gasteiger partial charge in [0.25, 0.3) is 0 Å². The molecular weight excluding hydrogens is 310 g/mol. The number of fused-ring (bicyclic) bond motifs is 1. The molecule has 0 atom stereocenters. The van der Waals surface area contributed by atoms with E-state index in [4.69, 9.17) is 0 Å². The SMILES string of the molecule is CCNC(=NCCNC(C)(C)C)NCCc1c(C)[nH]c2ccccc12. The lowest BCUT2D eigenvalue weighted by atomic mass is 10.1. The van der Waals surface area contributed by atoms with Gasteiger partial charge < -0.3 is 20.9 Å². The van der Waals surface area contributed by atoms with E-state index in [2.05, 4.69) is 84.8 Å². The maximum atomic E-state index is 4.64. The molecule has 5 heteroatoms. The third-order valence-electron chi connectivity index (χ3n) is 4.08. The summed E-state index contributed by atoms with van der Waals surface area (Å²) in [5.74, 6) is 0.885. The molecule has 5 nitrogen and oxygen atoms in total. The van der Waals surface area contributed by atoms with Crippen LogP contribution in [0.1, 0.15) is 39.0 Å². The number of benzene rings is 1. The molecule has 0 spiro atoms. The number of nitrogens with one attached hydrogen (secondary N) is 4. The lowest BCUT2D eigenvalue weighted by Crippen LogP contribution is -2.40. The van der Waals surface area contributed by atoms with E-state index < -0.39 is 0 Å². The van der Waals surface area contributed by atoms with Crippen molar-refractivity contribution in [1.29, 1.82) is 0 Å². The molecule has 1 aromatic heterocycles. The monoisotopic (exact) mass is 343 g/mol. The Morgan fingerprint density at radius 2 is 1.88 bits per heavy atom. The number of H-pyrrole nitrogens is 1. The van der Waals surface area contributed by atoms with Crippen LogP contribution in [0.3, 0.4) is 0 Å². The van der Waals surface area contributed by atoms with E-state index in [-0.39, 0.29) is 5.54 Å². The molecule has 0 unspecified atom stereocenters. The number of hydrogen-bond acceptors (Lipinski definition) is 2. The topological polar surface area (TPSA) is 64.2 Å². The fourth-order valence-corrected chi connectivity index (χ4v) is 2.90. The molecule has 0 aliphatic rings. The lowest BCUT2D eigenvalue weighted by molar-refractivity contribution is 0.432. The average molecular weight is 344 g/mol. The van der Waals surface area contributed by atoms with E-state index >= 15 is 0 Å². The van der Waals surface area contributed by atoms with Crippen molar-refractivity contribution in [3.05, 3.63) is 35.5 Å². The Bertz CT molecular complexity index is 694. The van der Waals surface area contributed by atoms with Gasteiger partial charge in [0.15, 0.2) is 5.96 Å². The van der Waals surface area contributed by atoms with Gasteiger partial charge in [0, 0.05) is 41.8 Å². The second-order valence-corrected chi connectivity index (χ2v) is 7.39. The van der Waals surface area contributed by atoms with Crippen molar-refractivity contribution < 1.29 is 0 Å². The predicted molar refractivity (Wildman–Crippen MR) is 108 cm³/mol. The molecule has 25 heavy (non-hydrogen) atoms. The van der Waals surface area contributed by atoms with Gasteiger partial charge in [0.05, 0.1) is 6.54 Å². The first-order valence-electron chi connectivity index (χ1n) is 9.24. The maximum Gasteiger partial charge on any atom is 0.191 e. The molecule has 0 amide bonds. The Morgan fingerprint density at radius 3 is 2.60 bits per heavy atom. The van der Waals surface area contributed by atoms with Crippen LogP contribution < -0.4 is 16.0 Å². The number of nitrogens with zero attached hydrogens (tertiary/aromatic N) is 1. The molecule has 0 radical (unpaired) electrons. The smallest absolute Gasteiger partial charge is 0.191 e. The van der Waals surface area contributed by atoms with E-state index in [1.165, 1.54) is 22.2 Å². The van der Waals surface area contributed by atoms with Gasteiger partial charge in [-0.25, -0.2) is 0 Å². The fourth-order valence-electron chi connectivity index (χ4n) is 2.90. The van der Waals surface area contributed by atoms with Crippen LogP contribution in [-0.2, 0) is 6.42 Å². The molecule has 2 aromatic rings. The second kappa shape index (κ2) is 8.90. The predicted octanol–water partition coefficient (Wildman–Crippen LogP) is 2.96. The summed E-state index contributed by atoms with van der Waals surface area (Å²) in [5.41, 5.74) is 3.98. The number of aliphatic imine (C=N–C) groups is 1. The standard InChI is InChI=1S/C20H33N5/c1-6-21-19(23-13-14-24-20(3,4)5)22-12-11-16-15(2)25-18-10-8-7-9-17(16)18/h7-10,24-25H,6,11-14H2,1-5H3,(H2,21,22,23). The number of para-hydroxylation sites is 1. The molecule has 1 heterocycles. The first-order valence-corrected chi connectivity index (χ1v) is 9.24. The zero-order chi connectivity index (χ0) is 18.3. The first-order chi connectivity index (χ1) is 11.9. The Balaban J connectivity index is 1.89. The van der Waals surface area contributed by atoms with Gasteiger partial charge in [-0.2, -0.15) is 0 Å². The summed E-state index contributed by atoms with van der Waals surface area (Å²) in [5, 5.41) is 11.5. The van der Waals surface area contributed by atoms with Crippen molar-refractivity contribution in [1.82, 2.24) is 20.9 Å². The minimum Gasteiger partial charge on any atom is -0.358 e. The molecule has 1 aromatic carbocycles. The lowest BCUT2D eigenvalue weighted by Gasteiger charge is -2.20. The highest BCUT2D eigenvalue weighted by Crippen LogP contribution is 2.21. The van der Waals surface area contributed by atoms with Crippen LogP contribution in [0.25, 0.3) is 10.9 Å². The summed E-state index contributed by atoms with van der Waals surface area (Å²) >= 11 is 0. The first kappa shape index (κ1) is 19.3. The number of hydrogen-bond donors (Lipinski definition) is 4. The highest BCUT2D eigenvalue weighted by molar-refractivity contribution is 5.84. The highest BCUT2D eigenvalue weighted by Gasteiger charge is 2.09. The van der Waals surface area contributed by atoms with Gasteiger partial charge >= 0.3 is 0 Å². The Morgan fingerprint density at radius 1 is 1.12 bits per heavy atom. The average Bonchev–Trinajstić information content (AvgIpc) is 2.86. The van der Waals surface area contributed by atoms with Gasteiger partial charge in [-0.05, 0) is 52.7 Å². The van der Waals surface area contributed by atoms with E-state index in [1.807, 2.05) is 0 Å². The Labute approximate surface area is 151 Å². The molecular formula is C20H33N5. The fraction of sp³-hybridized carbons (Fsp3) is 0.550. The van der Waals surface area contributed by atoms with Crippen LogP contribution in [0.4, 0.5) is 0 Å². The summed E-state index contributed by atoms with van der Waals surface area (Å²) in [7, 11) is 0. The molecule has 0 bridgehead atoms. The Kier molecular flexibility index (Phi) is 6.88. The Hall–Kier alpha value is -2.01. The van der Waals surface area contributed by atoms with Crippen LogP contribution >= 0.6 is 0 Å². The molecule has 4 N–H and O–H groups in total. The quantitative estimate of drug-likeness (QED) is 0.355. The number of guanidine groups is 1. The number of aromatic nitrogens is 1. The van der Waals surface area contributed by atoms with E-state index in [0.717, 1.165) is 38.6 Å². The van der Waals surface area contributed by atoms with Gasteiger partial charge in [-0.3, -0.25) is 4.99 Å². The van der Waals surface area contributed by atoms with Crippen LogP contribution in [0, 0.1) is 6.92 Å². The second-order valence-electron chi connectivity index (χ2n) is 7.39. The number of aryl methyl sites for hydroxylation is 1. The molecule has 0 fully saturated rings. The maximum absolute atomic E-state index is 4.64. The molecule has 0 aliphatic heterocycles. The molecule has 0 aliphatic carbocycles. The van der Waals surface area contributed by atoms with E-state index in [1.54, 1.807) is 0 Å². The molecule has 138 valence electrons. The minimum atomic E-state index is 0.133. The number of rotatable bonds is 7. The molecule has 0 saturated carbocycles. The summed E-state index contributed by atoms with van der Waals surface area (Å²) in [6.45, 7) is 14.1. The van der Waals surface area contributed by atoms with Crippen molar-refractivity contribution >= 4 is 16.9 Å². The zero-order valence-corrected chi connectivity index (χ0v) is 16.3. The van der Waals surface area contributed by atoms with Gasteiger partial charge in [-0.1, -0.05) is 18.2 Å². The number of aromatic amines is 1. The van der Waals surface area contributed by atoms with Crippen LogP contribution in [-0.4, -0.2) is 42.7 Å². The van der Waals surface area contributed by atoms with Crippen molar-refractivity contribution in [3.63, 3.8) is 0 Å². The summed E-state index contributed by atoms with van der Waals surface area (Å²) < 4.78 is 0. The molecule has 0 saturated heterocycles. The van der Waals surface area contributed by atoms with Crippen LogP contribution in [0.2, 0.25) is 0 Å². The van der Waals surface area contributed by atoms with Gasteiger partial charge in [-0.15, -0.1) is 0 Å². The minimum absolute atomic E-state index is 0.133. The van der Waals surface area contributed by atoms with E-state index in [0.29, 0.717) is 0 Å². The molecule has 2 rings (SSSR count). The third kappa shape index (κ3) is 6.09. The van der Waals surface area contributed by atoms with Gasteiger partial charge in [0.1, 0.15) is 0 Å². The van der Waals surface area contributed by atoms with Crippen molar-refractivity contribution in [2.75, 3.05) is 26.2 Å². The van der Waals surface area contributed by atoms with Crippen molar-refractivity contribution in [2.45, 2.75) is 46.6 Å². The van der Waals surface area contributed by atoms with Crippen molar-refractivity contribution in [3.8, 4) is 0 Å². The summed E-state index contributed by atoms with van der Waals surface area (Å²) in [6, 6.07) is 8.49. The summed E-state index contributed by atoms with van der Waals surface area (Å²) in [4.78, 5) is 8.11. The third-order valence-corrected chi connectivity index (χ3v) is 4.08. The van der Waals surface area contributed by atoms with Crippen molar-refractivity contribution in [2.24, 2.45) is 4.99 Å². The van der Waals surface area contributed by atoms with Crippen LogP contribution in [0.15, 0.2) is 29.3 Å². The summed E-state index contributed by atoms with van der Waals surface area (Å²) in [6.07, 6.45) is 0.973. The normalized spacial score (nSPS) is 12.6. The van der Waals surface area contributed by atoms with E-state index in [9.17, 15) is 0 Å².